The lowest BCUT2D eigenvalue weighted by Crippen LogP contribution is -2.53. The van der Waals surface area contributed by atoms with Crippen molar-refractivity contribution in [2.24, 2.45) is 11.3 Å². The number of likely N-dealkylation sites (tertiary alicyclic amines) is 2. The summed E-state index contributed by atoms with van der Waals surface area (Å²) in [4.78, 5) is 50.7. The lowest BCUT2D eigenvalue weighted by atomic mass is 9.74. The van der Waals surface area contributed by atoms with Gasteiger partial charge in [-0.15, -0.1) is 0 Å². The highest BCUT2D eigenvalue weighted by molar-refractivity contribution is 6.07. The van der Waals surface area contributed by atoms with Gasteiger partial charge in [0.05, 0.1) is 29.0 Å². The Labute approximate surface area is 248 Å². The summed E-state index contributed by atoms with van der Waals surface area (Å²) in [5.74, 6) is 0.611. The number of anilines is 1. The van der Waals surface area contributed by atoms with Crippen molar-refractivity contribution in [3.8, 4) is 0 Å². The molecule has 1 spiro atoms. The zero-order valence-electron chi connectivity index (χ0n) is 25.3. The number of para-hydroxylation sites is 1. The molecule has 6 rings (SSSR count). The molecule has 5 heterocycles. The zero-order chi connectivity index (χ0) is 29.5. The van der Waals surface area contributed by atoms with Crippen molar-refractivity contribution in [2.75, 3.05) is 50.8 Å². The molecule has 4 aliphatic rings. The third kappa shape index (κ3) is 5.60. The van der Waals surface area contributed by atoms with Crippen molar-refractivity contribution in [3.05, 3.63) is 35.9 Å². The molecule has 0 saturated carbocycles. The number of carbonyl (C=O) groups excluding carboxylic acids is 3. The van der Waals surface area contributed by atoms with E-state index in [0.717, 1.165) is 74.8 Å². The molecular formula is C33H44N4O5. The van der Waals surface area contributed by atoms with Gasteiger partial charge in [0.15, 0.2) is 0 Å². The third-order valence-electron chi connectivity index (χ3n) is 9.81. The summed E-state index contributed by atoms with van der Waals surface area (Å²) in [5.41, 5.74) is 0.727. The molecule has 4 aliphatic heterocycles. The fraction of sp³-hybridized carbons (Fsp3) is 0.636. The lowest BCUT2D eigenvalue weighted by Gasteiger charge is -2.45. The average Bonchev–Trinajstić information content (AvgIpc) is 3.22. The van der Waals surface area contributed by atoms with E-state index >= 15 is 0 Å². The minimum Gasteiger partial charge on any atom is -0.466 e. The molecule has 1 aromatic carbocycles. The van der Waals surface area contributed by atoms with Crippen LogP contribution < -0.4 is 4.90 Å². The number of nitrogens with zero attached hydrogens (tertiary/aromatic N) is 4. The van der Waals surface area contributed by atoms with Crippen molar-refractivity contribution in [2.45, 2.75) is 77.4 Å². The second-order valence-electron chi connectivity index (χ2n) is 13.3. The van der Waals surface area contributed by atoms with Crippen molar-refractivity contribution < 1.29 is 23.9 Å². The molecule has 4 saturated heterocycles. The topological polar surface area (TPSA) is 92.3 Å². The van der Waals surface area contributed by atoms with E-state index in [1.807, 2.05) is 56.0 Å². The molecule has 4 fully saturated rings. The molecule has 0 bridgehead atoms. The molecular weight excluding hydrogens is 532 g/mol. The average molecular weight is 577 g/mol. The first-order valence-electron chi connectivity index (χ1n) is 15.8. The fourth-order valence-corrected chi connectivity index (χ4v) is 7.78. The molecule has 9 nitrogen and oxygen atoms in total. The molecule has 2 aromatic rings. The number of esters is 2. The summed E-state index contributed by atoms with van der Waals surface area (Å²) in [6, 6.07) is 10.2. The van der Waals surface area contributed by atoms with Crippen LogP contribution in [-0.2, 0) is 19.1 Å². The Morgan fingerprint density at radius 2 is 1.79 bits per heavy atom. The summed E-state index contributed by atoms with van der Waals surface area (Å²) in [6.45, 7) is 10.8. The van der Waals surface area contributed by atoms with Gasteiger partial charge in [-0.3, -0.25) is 19.3 Å². The van der Waals surface area contributed by atoms with Crippen molar-refractivity contribution in [1.29, 1.82) is 0 Å². The van der Waals surface area contributed by atoms with E-state index in [1.54, 1.807) is 0 Å². The van der Waals surface area contributed by atoms with E-state index in [4.69, 9.17) is 14.5 Å². The van der Waals surface area contributed by atoms with E-state index in [2.05, 4.69) is 9.80 Å². The number of amides is 1. The largest absolute Gasteiger partial charge is 0.466 e. The second-order valence-corrected chi connectivity index (χ2v) is 13.3. The van der Waals surface area contributed by atoms with Crippen LogP contribution >= 0.6 is 0 Å². The molecule has 9 heteroatoms. The highest BCUT2D eigenvalue weighted by Gasteiger charge is 2.54. The Balaban J connectivity index is 1.14. The van der Waals surface area contributed by atoms with Gasteiger partial charge in [-0.25, -0.2) is 4.98 Å². The fourth-order valence-electron chi connectivity index (χ4n) is 7.78. The molecule has 0 N–H and O–H groups in total. The van der Waals surface area contributed by atoms with E-state index in [1.165, 1.54) is 0 Å². The first-order chi connectivity index (χ1) is 20.2. The highest BCUT2D eigenvalue weighted by Crippen LogP contribution is 2.46. The summed E-state index contributed by atoms with van der Waals surface area (Å²) in [5, 5.41) is 0.870. The van der Waals surface area contributed by atoms with Gasteiger partial charge < -0.3 is 19.3 Å². The number of carbonyl (C=O) groups is 3. The van der Waals surface area contributed by atoms with Gasteiger partial charge in [-0.2, -0.15) is 0 Å². The third-order valence-corrected chi connectivity index (χ3v) is 9.81. The number of hydrogen-bond donors (Lipinski definition) is 0. The van der Waals surface area contributed by atoms with Crippen LogP contribution in [0.2, 0.25) is 0 Å². The van der Waals surface area contributed by atoms with E-state index in [9.17, 15) is 14.4 Å². The molecule has 1 atom stereocenters. The predicted molar refractivity (Wildman–Crippen MR) is 160 cm³/mol. The Kier molecular flexibility index (Phi) is 7.89. The molecule has 0 radical (unpaired) electrons. The summed E-state index contributed by atoms with van der Waals surface area (Å²) >= 11 is 0. The highest BCUT2D eigenvalue weighted by atomic mass is 16.6. The maximum absolute atomic E-state index is 14.0. The SMILES string of the molecule is CCOC(=O)C1CCN(c2cc(C(=O)N3CCC(N4CCCC5(C4)CC(C)(C)OC5=O)CC3)c3ccccc3n2)CC1. The Morgan fingerprint density at radius 3 is 2.48 bits per heavy atom. The van der Waals surface area contributed by atoms with Crippen molar-refractivity contribution >= 4 is 34.6 Å². The summed E-state index contributed by atoms with van der Waals surface area (Å²) in [6.07, 6.45) is 5.93. The molecule has 1 unspecified atom stereocenters. The van der Waals surface area contributed by atoms with Gasteiger partial charge >= 0.3 is 11.9 Å². The van der Waals surface area contributed by atoms with Crippen LogP contribution in [0.4, 0.5) is 5.82 Å². The number of aromatic nitrogens is 1. The first-order valence-corrected chi connectivity index (χ1v) is 15.8. The second kappa shape index (κ2) is 11.5. The van der Waals surface area contributed by atoms with Gasteiger partial charge in [0.2, 0.25) is 0 Å². The minimum absolute atomic E-state index is 0.0321. The maximum Gasteiger partial charge on any atom is 0.314 e. The summed E-state index contributed by atoms with van der Waals surface area (Å²) in [7, 11) is 0. The van der Waals surface area contributed by atoms with Crippen LogP contribution in [0, 0.1) is 11.3 Å². The van der Waals surface area contributed by atoms with E-state index in [-0.39, 0.29) is 29.2 Å². The van der Waals surface area contributed by atoms with Crippen LogP contribution in [0.15, 0.2) is 30.3 Å². The number of rotatable bonds is 5. The number of benzene rings is 1. The van der Waals surface area contributed by atoms with E-state index in [0.29, 0.717) is 44.4 Å². The Hall–Kier alpha value is -3.20. The zero-order valence-corrected chi connectivity index (χ0v) is 25.3. The first kappa shape index (κ1) is 28.9. The molecule has 42 heavy (non-hydrogen) atoms. The van der Waals surface area contributed by atoms with Crippen molar-refractivity contribution in [1.82, 2.24) is 14.8 Å². The van der Waals surface area contributed by atoms with Crippen molar-refractivity contribution in [3.63, 3.8) is 0 Å². The monoisotopic (exact) mass is 576 g/mol. The molecule has 1 aromatic heterocycles. The maximum atomic E-state index is 14.0. The number of ether oxygens (including phenoxy) is 2. The number of hydrogen-bond acceptors (Lipinski definition) is 8. The molecule has 226 valence electrons. The van der Waals surface area contributed by atoms with Crippen LogP contribution in [0.1, 0.15) is 76.1 Å². The van der Waals surface area contributed by atoms with Crippen LogP contribution in [0.5, 0.6) is 0 Å². The standard InChI is InChI=1S/C33H44N4O5/c1-4-41-30(39)23-10-16-35(17-11-23)28-20-26(25-8-5-6-9-27(25)34-28)29(38)36-18-12-24(13-19-36)37-15-7-14-33(22-37)21-32(2,3)42-31(33)40/h5-6,8-9,20,23-24H,4,7,10-19,21-22H2,1-3H3. The minimum atomic E-state index is -0.390. The van der Waals surface area contributed by atoms with Crippen LogP contribution in [0.25, 0.3) is 10.9 Å². The van der Waals surface area contributed by atoms with Gasteiger partial charge in [0, 0.05) is 50.6 Å². The quantitative estimate of drug-likeness (QED) is 0.483. The summed E-state index contributed by atoms with van der Waals surface area (Å²) < 4.78 is 11.0. The van der Waals surface area contributed by atoms with Crippen LogP contribution in [0.3, 0.4) is 0 Å². The molecule has 0 aliphatic carbocycles. The number of fused-ring (bicyclic) bond motifs is 1. The normalized spacial score (nSPS) is 25.6. The smallest absolute Gasteiger partial charge is 0.314 e. The van der Waals surface area contributed by atoms with Gasteiger partial charge in [-0.05, 0) is 78.0 Å². The lowest BCUT2D eigenvalue weighted by molar-refractivity contribution is -0.155. The van der Waals surface area contributed by atoms with Gasteiger partial charge in [0.1, 0.15) is 11.4 Å². The number of piperidine rings is 3. The van der Waals surface area contributed by atoms with Crippen LogP contribution in [-0.4, -0.2) is 90.1 Å². The number of pyridine rings is 1. The van der Waals surface area contributed by atoms with Gasteiger partial charge in [-0.1, -0.05) is 18.2 Å². The van der Waals surface area contributed by atoms with E-state index < -0.39 is 5.60 Å². The predicted octanol–water partition coefficient (Wildman–Crippen LogP) is 4.43. The Bertz CT molecular complexity index is 1350. The number of cyclic esters (lactones) is 1. The molecule has 1 amide bonds. The van der Waals surface area contributed by atoms with Gasteiger partial charge in [0.25, 0.3) is 5.91 Å². The Morgan fingerprint density at radius 1 is 1.05 bits per heavy atom.